The SMILES string of the molecule is N#Cc1cc(-c2ccccc2)nnc1SCc1ccc(Cl)cc1. The van der Waals surface area contributed by atoms with Gasteiger partial charge in [-0.2, -0.15) is 5.26 Å². The molecule has 0 aliphatic heterocycles. The maximum absolute atomic E-state index is 9.37. The van der Waals surface area contributed by atoms with Gasteiger partial charge in [-0.05, 0) is 23.8 Å². The average Bonchev–Trinajstić information content (AvgIpc) is 2.62. The van der Waals surface area contributed by atoms with Crippen molar-refractivity contribution in [2.45, 2.75) is 10.8 Å². The molecule has 1 heterocycles. The Balaban J connectivity index is 1.80. The molecule has 5 heteroatoms. The van der Waals surface area contributed by atoms with Crippen LogP contribution in [-0.2, 0) is 5.75 Å². The first-order valence-corrected chi connectivity index (χ1v) is 8.33. The second-order valence-electron chi connectivity index (χ2n) is 4.84. The lowest BCUT2D eigenvalue weighted by Crippen LogP contribution is -1.94. The summed E-state index contributed by atoms with van der Waals surface area (Å²) in [6, 6.07) is 21.3. The van der Waals surface area contributed by atoms with E-state index in [4.69, 9.17) is 11.6 Å². The van der Waals surface area contributed by atoms with E-state index in [2.05, 4.69) is 16.3 Å². The zero-order chi connectivity index (χ0) is 16.1. The molecule has 23 heavy (non-hydrogen) atoms. The Morgan fingerprint density at radius 1 is 1.00 bits per heavy atom. The van der Waals surface area contributed by atoms with Crippen molar-refractivity contribution in [1.29, 1.82) is 5.26 Å². The first-order chi connectivity index (χ1) is 11.3. The van der Waals surface area contributed by atoms with Crippen LogP contribution >= 0.6 is 23.4 Å². The molecular weight excluding hydrogens is 326 g/mol. The van der Waals surface area contributed by atoms with Gasteiger partial charge in [0, 0.05) is 16.3 Å². The number of nitrogens with zero attached hydrogens (tertiary/aromatic N) is 3. The fraction of sp³-hybridized carbons (Fsp3) is 0.0556. The molecule has 0 aliphatic carbocycles. The Hall–Kier alpha value is -2.35. The van der Waals surface area contributed by atoms with Gasteiger partial charge >= 0.3 is 0 Å². The summed E-state index contributed by atoms with van der Waals surface area (Å²) in [6.45, 7) is 0. The number of aromatic nitrogens is 2. The monoisotopic (exact) mass is 337 g/mol. The van der Waals surface area contributed by atoms with Crippen molar-refractivity contribution in [2.75, 3.05) is 0 Å². The first-order valence-electron chi connectivity index (χ1n) is 6.97. The Morgan fingerprint density at radius 3 is 2.43 bits per heavy atom. The topological polar surface area (TPSA) is 49.6 Å². The third kappa shape index (κ3) is 3.89. The lowest BCUT2D eigenvalue weighted by Gasteiger charge is -2.05. The van der Waals surface area contributed by atoms with Crippen LogP contribution in [0.15, 0.2) is 65.7 Å². The van der Waals surface area contributed by atoms with Gasteiger partial charge in [-0.25, -0.2) is 0 Å². The van der Waals surface area contributed by atoms with Gasteiger partial charge in [0.2, 0.25) is 0 Å². The smallest absolute Gasteiger partial charge is 0.137 e. The molecule has 0 saturated heterocycles. The second kappa shape index (κ2) is 7.28. The molecular formula is C18H12ClN3S. The standard InChI is InChI=1S/C18H12ClN3S/c19-16-8-6-13(7-9-16)12-23-18-15(11-20)10-17(21-22-18)14-4-2-1-3-5-14/h1-10H,12H2. The van der Waals surface area contributed by atoms with Crippen LogP contribution in [0.1, 0.15) is 11.1 Å². The molecule has 0 radical (unpaired) electrons. The van der Waals surface area contributed by atoms with Gasteiger partial charge in [0.25, 0.3) is 0 Å². The van der Waals surface area contributed by atoms with E-state index in [0.717, 1.165) is 11.1 Å². The van der Waals surface area contributed by atoms with E-state index in [9.17, 15) is 5.26 Å². The van der Waals surface area contributed by atoms with Crippen LogP contribution in [0.25, 0.3) is 11.3 Å². The van der Waals surface area contributed by atoms with Crippen LogP contribution in [0.4, 0.5) is 0 Å². The summed E-state index contributed by atoms with van der Waals surface area (Å²) >= 11 is 7.38. The van der Waals surface area contributed by atoms with Gasteiger partial charge in [0.05, 0.1) is 11.3 Å². The highest BCUT2D eigenvalue weighted by Gasteiger charge is 2.09. The van der Waals surface area contributed by atoms with E-state index in [1.807, 2.05) is 54.6 Å². The normalized spacial score (nSPS) is 10.3. The number of nitriles is 1. The van der Waals surface area contributed by atoms with Crippen LogP contribution in [-0.4, -0.2) is 10.2 Å². The van der Waals surface area contributed by atoms with Crippen molar-refractivity contribution in [2.24, 2.45) is 0 Å². The van der Waals surface area contributed by atoms with Gasteiger partial charge in [-0.3, -0.25) is 0 Å². The highest BCUT2D eigenvalue weighted by Crippen LogP contribution is 2.26. The lowest BCUT2D eigenvalue weighted by atomic mass is 10.1. The third-order valence-electron chi connectivity index (χ3n) is 3.24. The Kier molecular flexibility index (Phi) is 4.92. The summed E-state index contributed by atoms with van der Waals surface area (Å²) < 4.78 is 0. The van der Waals surface area contributed by atoms with Gasteiger partial charge in [0.1, 0.15) is 11.1 Å². The Labute approximate surface area is 144 Å². The van der Waals surface area contributed by atoms with E-state index in [1.165, 1.54) is 11.8 Å². The minimum Gasteiger partial charge on any atom is -0.192 e. The van der Waals surface area contributed by atoms with E-state index in [0.29, 0.717) is 27.1 Å². The number of hydrogen-bond acceptors (Lipinski definition) is 4. The summed E-state index contributed by atoms with van der Waals surface area (Å²) in [7, 11) is 0. The highest BCUT2D eigenvalue weighted by molar-refractivity contribution is 7.98. The molecule has 0 unspecified atom stereocenters. The summed E-state index contributed by atoms with van der Waals surface area (Å²) in [5.41, 5.74) is 3.32. The van der Waals surface area contributed by atoms with Crippen LogP contribution in [0.2, 0.25) is 5.02 Å². The number of hydrogen-bond donors (Lipinski definition) is 0. The molecule has 0 amide bonds. The number of halogens is 1. The van der Waals surface area contributed by atoms with Gasteiger partial charge in [-0.1, -0.05) is 65.8 Å². The van der Waals surface area contributed by atoms with Crippen LogP contribution in [0.5, 0.6) is 0 Å². The summed E-state index contributed by atoms with van der Waals surface area (Å²) in [6.07, 6.45) is 0. The average molecular weight is 338 g/mol. The maximum Gasteiger partial charge on any atom is 0.137 e. The molecule has 0 spiro atoms. The van der Waals surface area contributed by atoms with E-state index in [1.54, 1.807) is 6.07 Å². The number of thioether (sulfide) groups is 1. The molecule has 3 rings (SSSR count). The molecule has 3 nitrogen and oxygen atoms in total. The van der Waals surface area contributed by atoms with E-state index < -0.39 is 0 Å². The van der Waals surface area contributed by atoms with Crippen molar-refractivity contribution in [3.8, 4) is 17.3 Å². The fourth-order valence-corrected chi connectivity index (χ4v) is 3.03. The molecule has 0 bridgehead atoms. The zero-order valence-electron chi connectivity index (χ0n) is 12.1. The van der Waals surface area contributed by atoms with Crippen molar-refractivity contribution < 1.29 is 0 Å². The van der Waals surface area contributed by atoms with Crippen molar-refractivity contribution in [3.05, 3.63) is 76.8 Å². The molecule has 3 aromatic rings. The maximum atomic E-state index is 9.37. The quantitative estimate of drug-likeness (QED) is 0.631. The van der Waals surface area contributed by atoms with Crippen LogP contribution in [0.3, 0.4) is 0 Å². The minimum atomic E-state index is 0.540. The Bertz CT molecular complexity index is 842. The lowest BCUT2D eigenvalue weighted by molar-refractivity contribution is 0.926. The number of benzene rings is 2. The van der Waals surface area contributed by atoms with Gasteiger partial charge < -0.3 is 0 Å². The Morgan fingerprint density at radius 2 is 1.74 bits per heavy atom. The predicted octanol–water partition coefficient (Wildman–Crippen LogP) is 4.96. The minimum absolute atomic E-state index is 0.540. The van der Waals surface area contributed by atoms with Crippen LogP contribution < -0.4 is 0 Å². The van der Waals surface area contributed by atoms with Crippen LogP contribution in [0, 0.1) is 11.3 Å². The molecule has 112 valence electrons. The van der Waals surface area contributed by atoms with Crippen molar-refractivity contribution in [3.63, 3.8) is 0 Å². The van der Waals surface area contributed by atoms with Gasteiger partial charge in [-0.15, -0.1) is 10.2 Å². The summed E-state index contributed by atoms with van der Waals surface area (Å²) in [5, 5.41) is 19.2. The first kappa shape index (κ1) is 15.5. The molecule has 0 atom stereocenters. The predicted molar refractivity (Wildman–Crippen MR) is 93.2 cm³/mol. The molecule has 0 N–H and O–H groups in total. The van der Waals surface area contributed by atoms with Crippen molar-refractivity contribution in [1.82, 2.24) is 10.2 Å². The molecule has 2 aromatic carbocycles. The molecule has 0 aliphatic rings. The highest BCUT2D eigenvalue weighted by atomic mass is 35.5. The summed E-state index contributed by atoms with van der Waals surface area (Å²) in [5.74, 6) is 0.714. The van der Waals surface area contributed by atoms with Gasteiger partial charge in [0.15, 0.2) is 0 Å². The molecule has 1 aromatic heterocycles. The van der Waals surface area contributed by atoms with E-state index in [-0.39, 0.29) is 0 Å². The molecule has 0 fully saturated rings. The largest absolute Gasteiger partial charge is 0.192 e. The third-order valence-corrected chi connectivity index (χ3v) is 4.54. The molecule has 0 saturated carbocycles. The number of rotatable bonds is 4. The summed E-state index contributed by atoms with van der Waals surface area (Å²) in [4.78, 5) is 0. The fourth-order valence-electron chi connectivity index (χ4n) is 2.05. The van der Waals surface area contributed by atoms with Crippen molar-refractivity contribution >= 4 is 23.4 Å². The van der Waals surface area contributed by atoms with E-state index >= 15 is 0 Å². The second-order valence-corrected chi connectivity index (χ2v) is 6.24. The zero-order valence-corrected chi connectivity index (χ0v) is 13.7.